The number of ether oxygens (including phenoxy) is 2. The zero-order valence-electron chi connectivity index (χ0n) is 11.5. The van der Waals surface area contributed by atoms with Crippen LogP contribution < -0.4 is 5.32 Å². The van der Waals surface area contributed by atoms with Crippen LogP contribution >= 0.6 is 22.9 Å². The Hall–Kier alpha value is -1.03. The number of rotatable bonds is 4. The van der Waals surface area contributed by atoms with E-state index in [1.54, 1.807) is 28.4 Å². The van der Waals surface area contributed by atoms with Gasteiger partial charge in [0, 0.05) is 24.3 Å². The van der Waals surface area contributed by atoms with Crippen LogP contribution in [-0.4, -0.2) is 51.0 Å². The molecule has 0 amide bonds. The average Bonchev–Trinajstić information content (AvgIpc) is 3.22. The Morgan fingerprint density at radius 3 is 3.18 bits per heavy atom. The van der Waals surface area contributed by atoms with Crippen molar-refractivity contribution < 1.29 is 14.6 Å². The highest BCUT2D eigenvalue weighted by Gasteiger charge is 2.51. The lowest BCUT2D eigenvalue weighted by molar-refractivity contribution is -0.168. The fourth-order valence-electron chi connectivity index (χ4n) is 2.96. The van der Waals surface area contributed by atoms with Crippen molar-refractivity contribution >= 4 is 22.9 Å². The summed E-state index contributed by atoms with van der Waals surface area (Å²) in [5.74, 6) is 0. The SMILES string of the molecule is OC1C(NCc2nccs2)C2COC(O2)C1n1cc(Cl)cn1. The second kappa shape index (κ2) is 5.88. The molecule has 0 aliphatic carbocycles. The summed E-state index contributed by atoms with van der Waals surface area (Å²) < 4.78 is 13.1. The Bertz CT molecular complexity index is 637. The molecule has 4 rings (SSSR count). The molecule has 2 saturated heterocycles. The molecule has 9 heteroatoms. The lowest BCUT2D eigenvalue weighted by Gasteiger charge is -2.38. The number of hydrogen-bond acceptors (Lipinski definition) is 7. The quantitative estimate of drug-likeness (QED) is 0.855. The lowest BCUT2D eigenvalue weighted by atomic mass is 9.96. The molecule has 2 aromatic rings. The number of nitrogens with one attached hydrogen (secondary N) is 1. The van der Waals surface area contributed by atoms with Crippen molar-refractivity contribution in [2.24, 2.45) is 0 Å². The smallest absolute Gasteiger partial charge is 0.183 e. The van der Waals surface area contributed by atoms with Crippen LogP contribution in [0.25, 0.3) is 0 Å². The van der Waals surface area contributed by atoms with E-state index in [9.17, 15) is 5.11 Å². The van der Waals surface area contributed by atoms with Crippen molar-refractivity contribution in [2.45, 2.75) is 37.1 Å². The first-order valence-corrected chi connectivity index (χ1v) is 8.24. The van der Waals surface area contributed by atoms with Gasteiger partial charge in [0.25, 0.3) is 0 Å². The Kier molecular flexibility index (Phi) is 3.89. The van der Waals surface area contributed by atoms with Crippen LogP contribution in [0.4, 0.5) is 0 Å². The van der Waals surface area contributed by atoms with Gasteiger partial charge in [-0.15, -0.1) is 11.3 Å². The molecule has 2 aliphatic heterocycles. The summed E-state index contributed by atoms with van der Waals surface area (Å²) in [6, 6.07) is -0.685. The van der Waals surface area contributed by atoms with Crippen LogP contribution in [0.3, 0.4) is 0 Å². The minimum atomic E-state index is -0.692. The molecule has 22 heavy (non-hydrogen) atoms. The molecule has 2 aliphatic rings. The molecule has 0 spiro atoms. The molecule has 0 radical (unpaired) electrons. The number of thiazole rings is 1. The molecular formula is C13H15ClN4O3S. The van der Waals surface area contributed by atoms with Gasteiger partial charge >= 0.3 is 0 Å². The van der Waals surface area contributed by atoms with Crippen LogP contribution in [0.2, 0.25) is 5.02 Å². The standard InChI is InChI=1S/C13H15ClN4O3S/c14-7-3-17-18(5-7)11-12(19)10(8-6-20-13(11)21-8)16-4-9-15-1-2-22-9/h1-3,5,8,10-13,16,19H,4,6H2. The summed E-state index contributed by atoms with van der Waals surface area (Å²) in [6.45, 7) is 1.03. The molecule has 118 valence electrons. The molecule has 0 aromatic carbocycles. The first-order valence-electron chi connectivity index (χ1n) is 6.99. The Morgan fingerprint density at radius 1 is 1.55 bits per heavy atom. The van der Waals surface area contributed by atoms with Crippen LogP contribution in [0.1, 0.15) is 11.0 Å². The van der Waals surface area contributed by atoms with Crippen molar-refractivity contribution in [3.05, 3.63) is 34.0 Å². The number of halogens is 1. The third kappa shape index (κ3) is 2.55. The van der Waals surface area contributed by atoms with Crippen LogP contribution in [0, 0.1) is 0 Å². The third-order valence-electron chi connectivity index (χ3n) is 3.98. The summed E-state index contributed by atoms with van der Waals surface area (Å²) in [4.78, 5) is 4.23. The van der Waals surface area contributed by atoms with Gasteiger partial charge in [-0.25, -0.2) is 4.98 Å². The fourth-order valence-corrected chi connectivity index (χ4v) is 3.67. The van der Waals surface area contributed by atoms with E-state index >= 15 is 0 Å². The molecule has 7 nitrogen and oxygen atoms in total. The van der Waals surface area contributed by atoms with Crippen molar-refractivity contribution in [3.8, 4) is 0 Å². The maximum absolute atomic E-state index is 10.8. The molecule has 4 heterocycles. The normalized spacial score (nSPS) is 34.2. The average molecular weight is 343 g/mol. The molecule has 2 N–H and O–H groups in total. The van der Waals surface area contributed by atoms with Crippen LogP contribution in [0.5, 0.6) is 0 Å². The van der Waals surface area contributed by atoms with Crippen LogP contribution in [0.15, 0.2) is 24.0 Å². The summed E-state index contributed by atoms with van der Waals surface area (Å²) in [6.07, 6.45) is 3.59. The Morgan fingerprint density at radius 2 is 2.45 bits per heavy atom. The predicted molar refractivity (Wildman–Crippen MR) is 79.6 cm³/mol. The van der Waals surface area contributed by atoms with E-state index in [0.717, 1.165) is 5.01 Å². The van der Waals surface area contributed by atoms with Crippen molar-refractivity contribution in [1.82, 2.24) is 20.1 Å². The van der Waals surface area contributed by atoms with E-state index in [1.165, 1.54) is 6.20 Å². The lowest BCUT2D eigenvalue weighted by Crippen LogP contribution is -2.57. The summed E-state index contributed by atoms with van der Waals surface area (Å²) >= 11 is 7.49. The summed E-state index contributed by atoms with van der Waals surface area (Å²) in [7, 11) is 0. The van der Waals surface area contributed by atoms with Gasteiger partial charge in [0.1, 0.15) is 17.2 Å². The summed E-state index contributed by atoms with van der Waals surface area (Å²) in [5, 5.41) is 21.7. The first kappa shape index (κ1) is 14.6. The largest absolute Gasteiger partial charge is 0.389 e. The van der Waals surface area contributed by atoms with Gasteiger partial charge in [0.15, 0.2) is 6.29 Å². The summed E-state index contributed by atoms with van der Waals surface area (Å²) in [5.41, 5.74) is 0. The van der Waals surface area contributed by atoms with Gasteiger partial charge in [-0.05, 0) is 0 Å². The minimum absolute atomic E-state index is 0.178. The van der Waals surface area contributed by atoms with E-state index in [2.05, 4.69) is 15.4 Å². The third-order valence-corrected chi connectivity index (χ3v) is 4.95. The highest BCUT2D eigenvalue weighted by molar-refractivity contribution is 7.09. The zero-order valence-corrected chi connectivity index (χ0v) is 13.1. The molecule has 2 aromatic heterocycles. The zero-order chi connectivity index (χ0) is 15.1. The van der Waals surface area contributed by atoms with Gasteiger partial charge in [-0.3, -0.25) is 4.68 Å². The molecule has 2 fully saturated rings. The minimum Gasteiger partial charge on any atom is -0.389 e. The number of aliphatic hydroxyl groups excluding tert-OH is 1. The number of fused-ring (bicyclic) bond motifs is 2. The number of hydrogen-bond donors (Lipinski definition) is 2. The predicted octanol–water partition coefficient (Wildman–Crippen LogP) is 0.808. The van der Waals surface area contributed by atoms with E-state index in [0.29, 0.717) is 18.2 Å². The second-order valence-corrected chi connectivity index (χ2v) is 6.74. The Balaban J connectivity index is 1.53. The maximum atomic E-state index is 10.8. The molecule has 5 unspecified atom stereocenters. The highest BCUT2D eigenvalue weighted by Crippen LogP contribution is 2.35. The van der Waals surface area contributed by atoms with E-state index in [4.69, 9.17) is 21.1 Å². The van der Waals surface area contributed by atoms with Gasteiger partial charge < -0.3 is 19.9 Å². The highest BCUT2D eigenvalue weighted by atomic mass is 35.5. The van der Waals surface area contributed by atoms with Gasteiger partial charge in [0.2, 0.25) is 0 Å². The topological polar surface area (TPSA) is 81.4 Å². The van der Waals surface area contributed by atoms with E-state index < -0.39 is 18.4 Å². The van der Waals surface area contributed by atoms with Crippen molar-refractivity contribution in [3.63, 3.8) is 0 Å². The van der Waals surface area contributed by atoms with Crippen molar-refractivity contribution in [1.29, 1.82) is 0 Å². The first-order chi connectivity index (χ1) is 10.7. The van der Waals surface area contributed by atoms with Crippen molar-refractivity contribution in [2.75, 3.05) is 6.61 Å². The maximum Gasteiger partial charge on any atom is 0.183 e. The fraction of sp³-hybridized carbons (Fsp3) is 0.538. The molecule has 0 saturated carbocycles. The van der Waals surface area contributed by atoms with E-state index in [1.807, 2.05) is 5.38 Å². The van der Waals surface area contributed by atoms with Gasteiger partial charge in [-0.1, -0.05) is 11.6 Å². The number of aliphatic hydroxyl groups is 1. The Labute approximate surface area is 135 Å². The number of nitrogens with zero attached hydrogens (tertiary/aromatic N) is 3. The number of aromatic nitrogens is 3. The van der Waals surface area contributed by atoms with Gasteiger partial charge in [-0.2, -0.15) is 5.10 Å². The monoisotopic (exact) mass is 342 g/mol. The van der Waals surface area contributed by atoms with Gasteiger partial charge in [0.05, 0.1) is 30.0 Å². The van der Waals surface area contributed by atoms with E-state index in [-0.39, 0.29) is 12.1 Å². The second-order valence-electron chi connectivity index (χ2n) is 5.33. The molecule has 5 atom stereocenters. The van der Waals surface area contributed by atoms with Crippen LogP contribution in [-0.2, 0) is 16.0 Å². The molecular weight excluding hydrogens is 328 g/mol. The molecule has 2 bridgehead atoms.